The van der Waals surface area contributed by atoms with E-state index < -0.39 is 17.9 Å². The van der Waals surface area contributed by atoms with Gasteiger partial charge in [0.05, 0.1) is 12.7 Å². The second-order valence-electron chi connectivity index (χ2n) is 5.51. The molecule has 1 atom stereocenters. The molecule has 0 unspecified atom stereocenters. The Morgan fingerprint density at radius 2 is 1.68 bits per heavy atom. The second kappa shape index (κ2) is 7.39. The van der Waals surface area contributed by atoms with Gasteiger partial charge in [0.15, 0.2) is 5.69 Å². The maximum atomic E-state index is 12.4. The highest BCUT2D eigenvalue weighted by Gasteiger charge is 2.22. The van der Waals surface area contributed by atoms with E-state index in [2.05, 4.69) is 15.6 Å². The summed E-state index contributed by atoms with van der Waals surface area (Å²) in [5, 5.41) is 10.4. The van der Waals surface area contributed by atoms with Gasteiger partial charge in [0, 0.05) is 0 Å². The van der Waals surface area contributed by atoms with Crippen molar-refractivity contribution in [1.82, 2.24) is 20.3 Å². The largest absolute Gasteiger partial charge is 0.368 e. The highest BCUT2D eigenvalue weighted by atomic mass is 16.2. The Balaban J connectivity index is 1.71. The highest BCUT2D eigenvalue weighted by molar-refractivity contribution is 5.95. The van der Waals surface area contributed by atoms with Crippen LogP contribution in [0.2, 0.25) is 0 Å². The first-order valence-corrected chi connectivity index (χ1v) is 7.72. The Labute approximate surface area is 144 Å². The van der Waals surface area contributed by atoms with Crippen molar-refractivity contribution in [3.05, 3.63) is 83.7 Å². The van der Waals surface area contributed by atoms with Crippen molar-refractivity contribution in [3.63, 3.8) is 0 Å². The minimum absolute atomic E-state index is 0.123. The fourth-order valence-electron chi connectivity index (χ4n) is 2.42. The minimum atomic E-state index is -0.923. The average molecular weight is 335 g/mol. The summed E-state index contributed by atoms with van der Waals surface area (Å²) in [5.74, 6) is -1.15. The third kappa shape index (κ3) is 4.08. The maximum Gasteiger partial charge on any atom is 0.274 e. The zero-order chi connectivity index (χ0) is 17.6. The monoisotopic (exact) mass is 335 g/mol. The molecule has 3 N–H and O–H groups in total. The van der Waals surface area contributed by atoms with Crippen LogP contribution in [0.25, 0.3) is 0 Å². The van der Waals surface area contributed by atoms with Crippen LogP contribution in [0.4, 0.5) is 0 Å². The number of benzene rings is 2. The van der Waals surface area contributed by atoms with E-state index in [0.717, 1.165) is 5.56 Å². The number of rotatable bonds is 6. The molecule has 7 heteroatoms. The van der Waals surface area contributed by atoms with Gasteiger partial charge in [0.2, 0.25) is 5.91 Å². The van der Waals surface area contributed by atoms with Gasteiger partial charge in [-0.2, -0.15) is 0 Å². The molecule has 0 bridgehead atoms. The van der Waals surface area contributed by atoms with Gasteiger partial charge in [0.1, 0.15) is 6.04 Å². The predicted octanol–water partition coefficient (Wildman–Crippen LogP) is 1.28. The lowest BCUT2D eigenvalue weighted by Crippen LogP contribution is -2.37. The molecule has 0 saturated carbocycles. The molecule has 0 radical (unpaired) electrons. The van der Waals surface area contributed by atoms with Crippen molar-refractivity contribution in [1.29, 1.82) is 0 Å². The summed E-state index contributed by atoms with van der Waals surface area (Å²) in [5.41, 5.74) is 7.18. The van der Waals surface area contributed by atoms with Gasteiger partial charge in [-0.3, -0.25) is 9.59 Å². The Morgan fingerprint density at radius 3 is 2.32 bits per heavy atom. The molecule has 3 rings (SSSR count). The zero-order valence-electron chi connectivity index (χ0n) is 13.4. The predicted molar refractivity (Wildman–Crippen MR) is 91.4 cm³/mol. The van der Waals surface area contributed by atoms with E-state index in [-0.39, 0.29) is 5.69 Å². The molecule has 0 aliphatic rings. The van der Waals surface area contributed by atoms with Crippen molar-refractivity contribution in [3.8, 4) is 0 Å². The van der Waals surface area contributed by atoms with E-state index in [1.54, 1.807) is 28.9 Å². The van der Waals surface area contributed by atoms with Crippen LogP contribution in [-0.4, -0.2) is 26.8 Å². The highest BCUT2D eigenvalue weighted by Crippen LogP contribution is 2.12. The average Bonchev–Trinajstić information content (AvgIpc) is 3.09. The topological polar surface area (TPSA) is 103 Å². The van der Waals surface area contributed by atoms with E-state index in [0.29, 0.717) is 12.1 Å². The molecule has 25 heavy (non-hydrogen) atoms. The Morgan fingerprint density at radius 1 is 1.04 bits per heavy atom. The maximum absolute atomic E-state index is 12.4. The number of hydrogen-bond acceptors (Lipinski definition) is 4. The first-order chi connectivity index (χ1) is 12.1. The van der Waals surface area contributed by atoms with Crippen LogP contribution < -0.4 is 11.1 Å². The van der Waals surface area contributed by atoms with Crippen molar-refractivity contribution in [2.75, 3.05) is 0 Å². The summed E-state index contributed by atoms with van der Waals surface area (Å²) in [7, 11) is 0. The molecule has 126 valence electrons. The van der Waals surface area contributed by atoms with E-state index in [9.17, 15) is 9.59 Å². The Bertz CT molecular complexity index is 861. The van der Waals surface area contributed by atoms with Gasteiger partial charge in [0.25, 0.3) is 5.91 Å². The van der Waals surface area contributed by atoms with E-state index in [1.807, 2.05) is 36.4 Å². The minimum Gasteiger partial charge on any atom is -0.368 e. The van der Waals surface area contributed by atoms with Gasteiger partial charge in [-0.05, 0) is 11.1 Å². The van der Waals surface area contributed by atoms with Crippen LogP contribution >= 0.6 is 0 Å². The second-order valence-corrected chi connectivity index (χ2v) is 5.51. The van der Waals surface area contributed by atoms with Crippen LogP contribution in [0.5, 0.6) is 0 Å². The molecule has 0 aliphatic heterocycles. The molecular formula is C18H17N5O2. The third-order valence-corrected chi connectivity index (χ3v) is 3.65. The lowest BCUT2D eigenvalue weighted by atomic mass is 10.1. The molecular weight excluding hydrogens is 318 g/mol. The van der Waals surface area contributed by atoms with E-state index >= 15 is 0 Å². The van der Waals surface area contributed by atoms with Crippen LogP contribution in [0, 0.1) is 0 Å². The van der Waals surface area contributed by atoms with Gasteiger partial charge >= 0.3 is 0 Å². The number of nitrogens with one attached hydrogen (secondary N) is 1. The summed E-state index contributed by atoms with van der Waals surface area (Å²) in [6.45, 7) is 0.499. The van der Waals surface area contributed by atoms with E-state index in [1.165, 1.54) is 6.20 Å². The van der Waals surface area contributed by atoms with Crippen molar-refractivity contribution in [2.45, 2.75) is 12.6 Å². The quantitative estimate of drug-likeness (QED) is 0.708. The van der Waals surface area contributed by atoms with Crippen LogP contribution in [-0.2, 0) is 11.3 Å². The Kier molecular flexibility index (Phi) is 4.84. The summed E-state index contributed by atoms with van der Waals surface area (Å²) in [4.78, 5) is 24.0. The van der Waals surface area contributed by atoms with Gasteiger partial charge in [-0.1, -0.05) is 65.9 Å². The van der Waals surface area contributed by atoms with Crippen LogP contribution in [0.1, 0.15) is 27.7 Å². The van der Waals surface area contributed by atoms with Gasteiger partial charge in [-0.15, -0.1) is 5.10 Å². The zero-order valence-corrected chi connectivity index (χ0v) is 13.4. The SMILES string of the molecule is NC(=O)[C@@H](NC(=O)c1cn(Cc2ccccc2)nn1)c1ccccc1. The summed E-state index contributed by atoms with van der Waals surface area (Å²) < 4.78 is 1.56. The smallest absolute Gasteiger partial charge is 0.274 e. The van der Waals surface area contributed by atoms with Crippen molar-refractivity contribution in [2.24, 2.45) is 5.73 Å². The summed E-state index contributed by atoms with van der Waals surface area (Å²) >= 11 is 0. The number of amides is 2. The lowest BCUT2D eigenvalue weighted by molar-refractivity contribution is -0.120. The van der Waals surface area contributed by atoms with E-state index in [4.69, 9.17) is 5.73 Å². The van der Waals surface area contributed by atoms with Crippen LogP contribution in [0.15, 0.2) is 66.9 Å². The molecule has 0 fully saturated rings. The van der Waals surface area contributed by atoms with Gasteiger partial charge < -0.3 is 11.1 Å². The molecule has 0 saturated heterocycles. The first-order valence-electron chi connectivity index (χ1n) is 7.72. The molecule has 1 aromatic heterocycles. The fourth-order valence-corrected chi connectivity index (χ4v) is 2.42. The Hall–Kier alpha value is -3.48. The van der Waals surface area contributed by atoms with Crippen molar-refractivity contribution < 1.29 is 9.59 Å². The molecule has 2 aromatic carbocycles. The number of nitrogens with two attached hydrogens (primary N) is 1. The molecule has 0 aliphatic carbocycles. The summed E-state index contributed by atoms with van der Waals surface area (Å²) in [6, 6.07) is 17.6. The third-order valence-electron chi connectivity index (χ3n) is 3.65. The molecule has 0 spiro atoms. The molecule has 2 amide bonds. The van der Waals surface area contributed by atoms with Gasteiger partial charge in [-0.25, -0.2) is 4.68 Å². The fraction of sp³-hybridized carbons (Fsp3) is 0.111. The normalized spacial score (nSPS) is 11.7. The molecule has 1 heterocycles. The number of nitrogens with zero attached hydrogens (tertiary/aromatic N) is 3. The van der Waals surface area contributed by atoms with Crippen LogP contribution in [0.3, 0.4) is 0 Å². The number of aromatic nitrogens is 3. The summed E-state index contributed by atoms with van der Waals surface area (Å²) in [6.07, 6.45) is 1.53. The first kappa shape index (κ1) is 16.4. The number of primary amides is 1. The standard InChI is InChI=1S/C18H17N5O2/c19-17(24)16(14-9-5-2-6-10-14)20-18(25)15-12-23(22-21-15)11-13-7-3-1-4-8-13/h1-10,12,16H,11H2,(H2,19,24)(H,20,25)/t16-/m0/s1. The molecule has 3 aromatic rings. The molecule has 7 nitrogen and oxygen atoms in total. The lowest BCUT2D eigenvalue weighted by Gasteiger charge is -2.14. The number of hydrogen-bond donors (Lipinski definition) is 2. The number of carbonyl (C=O) groups excluding carboxylic acids is 2. The number of carbonyl (C=O) groups is 2. The van der Waals surface area contributed by atoms with Crippen molar-refractivity contribution >= 4 is 11.8 Å².